The Morgan fingerprint density at radius 3 is 2.57 bits per heavy atom. The van der Waals surface area contributed by atoms with Crippen LogP contribution in [-0.2, 0) is 18.4 Å². The van der Waals surface area contributed by atoms with Crippen molar-refractivity contribution in [2.45, 2.75) is 25.5 Å². The number of hydrogen-bond donors (Lipinski definition) is 2. The molecule has 3 rings (SSSR count). The Morgan fingerprint density at radius 1 is 1.17 bits per heavy atom. The van der Waals surface area contributed by atoms with Crippen LogP contribution in [0.3, 0.4) is 0 Å². The van der Waals surface area contributed by atoms with Crippen molar-refractivity contribution in [2.75, 3.05) is 16.4 Å². The molecule has 10 heteroatoms. The van der Waals surface area contributed by atoms with Crippen LogP contribution < -0.4 is 10.6 Å². The molecule has 0 bridgehead atoms. The van der Waals surface area contributed by atoms with E-state index in [-0.39, 0.29) is 17.3 Å². The Kier molecular flexibility index (Phi) is 6.68. The van der Waals surface area contributed by atoms with Crippen LogP contribution in [0.2, 0.25) is 0 Å². The molecule has 0 aliphatic heterocycles. The summed E-state index contributed by atoms with van der Waals surface area (Å²) in [5.74, 6) is 0.678. The van der Waals surface area contributed by atoms with E-state index >= 15 is 0 Å². The zero-order valence-corrected chi connectivity index (χ0v) is 17.7. The number of thioether (sulfide) groups is 1. The molecule has 0 saturated heterocycles. The zero-order chi connectivity index (χ0) is 21.7. The summed E-state index contributed by atoms with van der Waals surface area (Å²) >= 11 is 1.27. The molecular formula is C20H22N6O3S. The van der Waals surface area contributed by atoms with E-state index in [9.17, 15) is 14.9 Å². The minimum Gasteiger partial charge on any atom is -0.378 e. The van der Waals surface area contributed by atoms with Crippen LogP contribution in [0.4, 0.5) is 17.1 Å². The number of benzene rings is 2. The van der Waals surface area contributed by atoms with E-state index in [0.29, 0.717) is 23.0 Å². The lowest BCUT2D eigenvalue weighted by Crippen LogP contribution is -2.15. The summed E-state index contributed by atoms with van der Waals surface area (Å²) < 4.78 is 1.84. The second kappa shape index (κ2) is 9.40. The van der Waals surface area contributed by atoms with Crippen molar-refractivity contribution in [2.24, 2.45) is 7.05 Å². The Hall–Kier alpha value is -3.40. The first-order valence-corrected chi connectivity index (χ1v) is 10.2. The summed E-state index contributed by atoms with van der Waals surface area (Å²) in [6, 6.07) is 12.4. The molecule has 2 N–H and O–H groups in total. The molecule has 1 heterocycles. The number of non-ortho nitro benzene ring substituents is 1. The number of aryl methyl sites for hydroxylation is 2. The monoisotopic (exact) mass is 426 g/mol. The predicted molar refractivity (Wildman–Crippen MR) is 117 cm³/mol. The number of carbonyl (C=O) groups is 1. The fourth-order valence-electron chi connectivity index (χ4n) is 2.70. The predicted octanol–water partition coefficient (Wildman–Crippen LogP) is 3.68. The van der Waals surface area contributed by atoms with Gasteiger partial charge in [-0.25, -0.2) is 0 Å². The summed E-state index contributed by atoms with van der Waals surface area (Å²) in [4.78, 5) is 22.6. The lowest BCUT2D eigenvalue weighted by molar-refractivity contribution is -0.384. The molecule has 0 aliphatic rings. The molecule has 2 aromatic carbocycles. The minimum atomic E-state index is -0.464. The van der Waals surface area contributed by atoms with Gasteiger partial charge in [-0.05, 0) is 37.6 Å². The smallest absolute Gasteiger partial charge is 0.269 e. The van der Waals surface area contributed by atoms with E-state index in [4.69, 9.17) is 0 Å². The van der Waals surface area contributed by atoms with Crippen LogP contribution in [0.5, 0.6) is 0 Å². The highest BCUT2D eigenvalue weighted by Crippen LogP contribution is 2.22. The summed E-state index contributed by atoms with van der Waals surface area (Å²) in [7, 11) is 1.85. The number of nitro benzene ring substituents is 1. The Balaban J connectivity index is 1.54. The maximum absolute atomic E-state index is 12.3. The molecule has 156 valence electrons. The van der Waals surface area contributed by atoms with E-state index < -0.39 is 4.92 Å². The number of aromatic nitrogens is 3. The molecule has 0 fully saturated rings. The number of nitrogens with zero attached hydrogens (tertiary/aromatic N) is 4. The van der Waals surface area contributed by atoms with Crippen LogP contribution in [0.15, 0.2) is 47.6 Å². The second-order valence-electron chi connectivity index (χ2n) is 6.77. The summed E-state index contributed by atoms with van der Waals surface area (Å²) in [5, 5.41) is 25.9. The van der Waals surface area contributed by atoms with Gasteiger partial charge in [-0.1, -0.05) is 29.5 Å². The van der Waals surface area contributed by atoms with Gasteiger partial charge in [0.15, 0.2) is 11.0 Å². The van der Waals surface area contributed by atoms with Crippen molar-refractivity contribution in [3.8, 4) is 0 Å². The van der Waals surface area contributed by atoms with Crippen molar-refractivity contribution >= 4 is 34.7 Å². The molecule has 0 aliphatic carbocycles. The molecule has 9 nitrogen and oxygen atoms in total. The first kappa shape index (κ1) is 21.3. The Bertz CT molecular complexity index is 1060. The van der Waals surface area contributed by atoms with Gasteiger partial charge < -0.3 is 15.2 Å². The summed E-state index contributed by atoms with van der Waals surface area (Å²) in [5.41, 5.74) is 3.36. The van der Waals surface area contributed by atoms with Crippen molar-refractivity contribution in [1.82, 2.24) is 14.8 Å². The molecule has 3 aromatic rings. The fraction of sp³-hybridized carbons (Fsp3) is 0.250. The van der Waals surface area contributed by atoms with E-state index in [0.717, 1.165) is 11.5 Å². The van der Waals surface area contributed by atoms with E-state index in [1.165, 1.54) is 35.5 Å². The molecule has 30 heavy (non-hydrogen) atoms. The van der Waals surface area contributed by atoms with Crippen LogP contribution >= 0.6 is 11.8 Å². The first-order chi connectivity index (χ1) is 14.3. The van der Waals surface area contributed by atoms with Gasteiger partial charge in [0, 0.05) is 30.6 Å². The molecular weight excluding hydrogens is 404 g/mol. The summed E-state index contributed by atoms with van der Waals surface area (Å²) in [6.45, 7) is 4.27. The maximum Gasteiger partial charge on any atom is 0.269 e. The topological polar surface area (TPSA) is 115 Å². The molecule has 0 atom stereocenters. The average molecular weight is 427 g/mol. The van der Waals surface area contributed by atoms with Crippen LogP contribution in [0, 0.1) is 24.0 Å². The largest absolute Gasteiger partial charge is 0.378 e. The van der Waals surface area contributed by atoms with E-state index in [1.807, 2.05) is 42.8 Å². The van der Waals surface area contributed by atoms with Crippen molar-refractivity contribution in [3.63, 3.8) is 0 Å². The number of nitro groups is 1. The van der Waals surface area contributed by atoms with E-state index in [1.54, 1.807) is 6.92 Å². The van der Waals surface area contributed by atoms with Crippen molar-refractivity contribution in [1.29, 1.82) is 0 Å². The SMILES string of the molecule is Cc1ccc(NCc2nnc(SCC(=O)Nc3ccc([N+](=O)[O-])cc3C)n2C)cc1. The Labute approximate surface area is 178 Å². The van der Waals surface area contributed by atoms with Crippen LogP contribution in [-0.4, -0.2) is 31.3 Å². The molecule has 1 aromatic heterocycles. The highest BCUT2D eigenvalue weighted by Gasteiger charge is 2.13. The van der Waals surface area contributed by atoms with Gasteiger partial charge in [-0.3, -0.25) is 14.9 Å². The number of amides is 1. The van der Waals surface area contributed by atoms with Gasteiger partial charge in [-0.2, -0.15) is 0 Å². The summed E-state index contributed by atoms with van der Waals surface area (Å²) in [6.07, 6.45) is 0. The highest BCUT2D eigenvalue weighted by molar-refractivity contribution is 7.99. The number of rotatable bonds is 8. The van der Waals surface area contributed by atoms with Gasteiger partial charge in [0.2, 0.25) is 5.91 Å². The normalized spacial score (nSPS) is 10.6. The van der Waals surface area contributed by atoms with Gasteiger partial charge in [0.05, 0.1) is 17.2 Å². The zero-order valence-electron chi connectivity index (χ0n) is 16.9. The third-order valence-corrected chi connectivity index (χ3v) is 5.47. The number of anilines is 2. The lowest BCUT2D eigenvalue weighted by Gasteiger charge is -2.09. The van der Waals surface area contributed by atoms with Crippen LogP contribution in [0.25, 0.3) is 0 Å². The molecule has 0 spiro atoms. The first-order valence-electron chi connectivity index (χ1n) is 9.20. The third-order valence-electron chi connectivity index (χ3n) is 4.45. The standard InChI is InChI=1S/C20H22N6O3S/c1-13-4-6-15(7-5-13)21-11-18-23-24-20(25(18)3)30-12-19(27)22-17-9-8-16(26(28)29)10-14(17)2/h4-10,21H,11-12H2,1-3H3,(H,22,27). The fourth-order valence-corrected chi connectivity index (χ4v) is 3.43. The minimum absolute atomic E-state index is 0.00858. The Morgan fingerprint density at radius 2 is 1.90 bits per heavy atom. The molecule has 1 amide bonds. The van der Waals surface area contributed by atoms with Crippen molar-refractivity contribution < 1.29 is 9.72 Å². The van der Waals surface area contributed by atoms with Crippen molar-refractivity contribution in [3.05, 3.63) is 69.5 Å². The third kappa shape index (κ3) is 5.35. The highest BCUT2D eigenvalue weighted by atomic mass is 32.2. The van der Waals surface area contributed by atoms with E-state index in [2.05, 4.69) is 20.8 Å². The lowest BCUT2D eigenvalue weighted by atomic mass is 10.2. The quantitative estimate of drug-likeness (QED) is 0.321. The van der Waals surface area contributed by atoms with Gasteiger partial charge >= 0.3 is 0 Å². The number of carbonyl (C=O) groups excluding carboxylic acids is 1. The number of hydrogen-bond acceptors (Lipinski definition) is 7. The van der Waals surface area contributed by atoms with Gasteiger partial charge in [0.25, 0.3) is 5.69 Å². The van der Waals surface area contributed by atoms with Gasteiger partial charge in [0.1, 0.15) is 0 Å². The maximum atomic E-state index is 12.3. The molecule has 0 unspecified atom stereocenters. The second-order valence-corrected chi connectivity index (χ2v) is 7.71. The number of nitrogens with one attached hydrogen (secondary N) is 2. The molecule has 0 saturated carbocycles. The molecule has 0 radical (unpaired) electrons. The average Bonchev–Trinajstić information content (AvgIpc) is 3.07. The van der Waals surface area contributed by atoms with Crippen LogP contribution in [0.1, 0.15) is 17.0 Å². The van der Waals surface area contributed by atoms with Gasteiger partial charge in [-0.15, -0.1) is 10.2 Å².